The third-order valence-electron chi connectivity index (χ3n) is 4.05. The topological polar surface area (TPSA) is 69.6 Å². The van der Waals surface area contributed by atoms with Gasteiger partial charge in [-0.3, -0.25) is 14.5 Å². The number of carbonyl (C=O) groups excluding carboxylic acids is 1. The molecule has 0 aromatic rings. The molecule has 1 aliphatic heterocycles. The summed E-state index contributed by atoms with van der Waals surface area (Å²) in [6.45, 7) is 6.95. The van der Waals surface area contributed by atoms with Crippen molar-refractivity contribution in [3.05, 3.63) is 0 Å². The number of hydrogen-bond acceptors (Lipinski definition) is 3. The fourth-order valence-electron chi connectivity index (χ4n) is 2.51. The quantitative estimate of drug-likeness (QED) is 0.767. The summed E-state index contributed by atoms with van der Waals surface area (Å²) in [4.78, 5) is 25.0. The number of aliphatic carboxylic acids is 1. The Bertz CT molecular complexity index is 320. The number of carboxylic acid groups (broad SMARTS) is 1. The lowest BCUT2D eigenvalue weighted by atomic mass is 9.89. The Labute approximate surface area is 115 Å². The van der Waals surface area contributed by atoms with Gasteiger partial charge in [0, 0.05) is 6.04 Å². The lowest BCUT2D eigenvalue weighted by Crippen LogP contribution is -2.51. The number of carboxylic acids is 1. The molecule has 0 radical (unpaired) electrons. The van der Waals surface area contributed by atoms with Gasteiger partial charge in [-0.2, -0.15) is 0 Å². The molecule has 0 saturated carbocycles. The Morgan fingerprint density at radius 1 is 1.42 bits per heavy atom. The highest BCUT2D eigenvalue weighted by Crippen LogP contribution is 2.25. The highest BCUT2D eigenvalue weighted by Gasteiger charge is 2.33. The van der Waals surface area contributed by atoms with E-state index in [4.69, 9.17) is 0 Å². The van der Waals surface area contributed by atoms with Crippen LogP contribution in [0.5, 0.6) is 0 Å². The van der Waals surface area contributed by atoms with Crippen molar-refractivity contribution >= 4 is 11.9 Å². The molecule has 0 spiro atoms. The van der Waals surface area contributed by atoms with Gasteiger partial charge >= 0.3 is 5.97 Å². The molecular weight excluding hydrogens is 244 g/mol. The van der Waals surface area contributed by atoms with E-state index in [9.17, 15) is 14.7 Å². The summed E-state index contributed by atoms with van der Waals surface area (Å²) in [7, 11) is 0. The van der Waals surface area contributed by atoms with Gasteiger partial charge in [-0.1, -0.05) is 20.3 Å². The minimum atomic E-state index is -0.811. The van der Waals surface area contributed by atoms with Gasteiger partial charge < -0.3 is 10.4 Å². The van der Waals surface area contributed by atoms with E-state index in [1.807, 2.05) is 13.8 Å². The Balaban J connectivity index is 2.55. The summed E-state index contributed by atoms with van der Waals surface area (Å²) in [5.41, 5.74) is 0. The number of likely N-dealkylation sites (tertiary alicyclic amines) is 1. The Morgan fingerprint density at radius 3 is 2.63 bits per heavy atom. The van der Waals surface area contributed by atoms with Gasteiger partial charge in [0.05, 0.1) is 6.54 Å². The average molecular weight is 270 g/mol. The van der Waals surface area contributed by atoms with Crippen LogP contribution in [0.15, 0.2) is 0 Å². The zero-order valence-electron chi connectivity index (χ0n) is 12.2. The standard InChI is InChI=1S/C14H26N2O3/c1-4-10(3)15-13(17)9-16-7-6-11(5-2)8-12(16)14(18)19/h10-12H,4-9H2,1-3H3,(H,15,17)(H,18,19). The number of nitrogens with one attached hydrogen (secondary N) is 1. The molecule has 0 aromatic heterocycles. The van der Waals surface area contributed by atoms with Gasteiger partial charge in [0.2, 0.25) is 5.91 Å². The lowest BCUT2D eigenvalue weighted by Gasteiger charge is -2.36. The summed E-state index contributed by atoms with van der Waals surface area (Å²) < 4.78 is 0. The SMILES string of the molecule is CCC1CCN(CC(=O)NC(C)CC)C(C(=O)O)C1. The summed E-state index contributed by atoms with van der Waals surface area (Å²) in [6.07, 6.45) is 3.53. The highest BCUT2D eigenvalue weighted by molar-refractivity contribution is 5.80. The molecule has 0 aromatic carbocycles. The minimum Gasteiger partial charge on any atom is -0.480 e. The van der Waals surface area contributed by atoms with Crippen molar-refractivity contribution in [3.8, 4) is 0 Å². The molecule has 110 valence electrons. The maximum absolute atomic E-state index is 11.9. The molecular formula is C14H26N2O3. The van der Waals surface area contributed by atoms with Crippen molar-refractivity contribution in [1.82, 2.24) is 10.2 Å². The van der Waals surface area contributed by atoms with Crippen LogP contribution in [0, 0.1) is 5.92 Å². The van der Waals surface area contributed by atoms with Crippen LogP contribution in [0.2, 0.25) is 0 Å². The van der Waals surface area contributed by atoms with Crippen LogP contribution in [-0.4, -0.2) is 47.1 Å². The second-order valence-electron chi connectivity index (χ2n) is 5.50. The third kappa shape index (κ3) is 4.82. The lowest BCUT2D eigenvalue weighted by molar-refractivity contribution is -0.146. The van der Waals surface area contributed by atoms with E-state index in [0.717, 1.165) is 19.3 Å². The van der Waals surface area contributed by atoms with Crippen LogP contribution >= 0.6 is 0 Å². The first-order valence-electron chi connectivity index (χ1n) is 7.24. The molecule has 5 nitrogen and oxygen atoms in total. The van der Waals surface area contributed by atoms with E-state index in [0.29, 0.717) is 18.9 Å². The van der Waals surface area contributed by atoms with E-state index < -0.39 is 12.0 Å². The van der Waals surface area contributed by atoms with Gasteiger partial charge in [0.25, 0.3) is 0 Å². The third-order valence-corrected chi connectivity index (χ3v) is 4.05. The van der Waals surface area contributed by atoms with Gasteiger partial charge in [0.15, 0.2) is 0 Å². The maximum atomic E-state index is 11.9. The van der Waals surface area contributed by atoms with Crippen LogP contribution in [-0.2, 0) is 9.59 Å². The molecule has 1 amide bonds. The van der Waals surface area contributed by atoms with Gasteiger partial charge in [-0.25, -0.2) is 0 Å². The molecule has 1 fully saturated rings. The fraction of sp³-hybridized carbons (Fsp3) is 0.857. The Morgan fingerprint density at radius 2 is 2.11 bits per heavy atom. The number of amides is 1. The van der Waals surface area contributed by atoms with Crippen molar-refractivity contribution in [2.75, 3.05) is 13.1 Å². The Kier molecular flexibility index (Phi) is 6.28. The van der Waals surface area contributed by atoms with Gasteiger partial charge in [-0.15, -0.1) is 0 Å². The summed E-state index contributed by atoms with van der Waals surface area (Å²) >= 11 is 0. The number of rotatable bonds is 6. The zero-order valence-corrected chi connectivity index (χ0v) is 12.2. The number of hydrogen-bond donors (Lipinski definition) is 2. The fourth-order valence-corrected chi connectivity index (χ4v) is 2.51. The zero-order chi connectivity index (χ0) is 14.4. The van der Waals surface area contributed by atoms with E-state index in [2.05, 4.69) is 12.2 Å². The summed E-state index contributed by atoms with van der Waals surface area (Å²) in [5.74, 6) is -0.417. The second-order valence-corrected chi connectivity index (χ2v) is 5.50. The molecule has 1 saturated heterocycles. The molecule has 19 heavy (non-hydrogen) atoms. The van der Waals surface area contributed by atoms with E-state index in [-0.39, 0.29) is 18.5 Å². The van der Waals surface area contributed by atoms with Crippen molar-refractivity contribution in [2.45, 2.75) is 58.5 Å². The molecule has 3 atom stereocenters. The number of piperidine rings is 1. The average Bonchev–Trinajstić information content (AvgIpc) is 2.38. The van der Waals surface area contributed by atoms with Crippen molar-refractivity contribution < 1.29 is 14.7 Å². The number of nitrogens with zero attached hydrogens (tertiary/aromatic N) is 1. The molecule has 1 rings (SSSR count). The van der Waals surface area contributed by atoms with Crippen LogP contribution in [0.25, 0.3) is 0 Å². The van der Waals surface area contributed by atoms with Gasteiger partial charge in [-0.05, 0) is 38.6 Å². The smallest absolute Gasteiger partial charge is 0.320 e. The second kappa shape index (κ2) is 7.48. The summed E-state index contributed by atoms with van der Waals surface area (Å²) in [6, 6.07) is -0.370. The number of carbonyl (C=O) groups is 2. The molecule has 3 unspecified atom stereocenters. The molecule has 0 bridgehead atoms. The van der Waals surface area contributed by atoms with Crippen LogP contribution < -0.4 is 5.32 Å². The summed E-state index contributed by atoms with van der Waals surface area (Å²) in [5, 5.41) is 12.2. The van der Waals surface area contributed by atoms with Crippen LogP contribution in [0.1, 0.15) is 46.5 Å². The van der Waals surface area contributed by atoms with Gasteiger partial charge in [0.1, 0.15) is 6.04 Å². The van der Waals surface area contributed by atoms with E-state index in [1.165, 1.54) is 0 Å². The maximum Gasteiger partial charge on any atom is 0.320 e. The van der Waals surface area contributed by atoms with Crippen molar-refractivity contribution in [2.24, 2.45) is 5.92 Å². The molecule has 5 heteroatoms. The van der Waals surface area contributed by atoms with Crippen LogP contribution in [0.4, 0.5) is 0 Å². The molecule has 1 heterocycles. The first-order chi connectivity index (χ1) is 8.97. The van der Waals surface area contributed by atoms with E-state index >= 15 is 0 Å². The normalized spacial score (nSPS) is 25.8. The predicted octanol–water partition coefficient (Wildman–Crippen LogP) is 1.48. The van der Waals surface area contributed by atoms with E-state index in [1.54, 1.807) is 4.90 Å². The molecule has 1 aliphatic rings. The monoisotopic (exact) mass is 270 g/mol. The predicted molar refractivity (Wildman–Crippen MR) is 73.9 cm³/mol. The molecule has 0 aliphatic carbocycles. The largest absolute Gasteiger partial charge is 0.480 e. The van der Waals surface area contributed by atoms with Crippen molar-refractivity contribution in [3.63, 3.8) is 0 Å². The minimum absolute atomic E-state index is 0.0736. The van der Waals surface area contributed by atoms with Crippen LogP contribution in [0.3, 0.4) is 0 Å². The first kappa shape index (κ1) is 16.0. The highest BCUT2D eigenvalue weighted by atomic mass is 16.4. The van der Waals surface area contributed by atoms with Crippen molar-refractivity contribution in [1.29, 1.82) is 0 Å². The Hall–Kier alpha value is -1.10. The first-order valence-corrected chi connectivity index (χ1v) is 7.24. The molecule has 2 N–H and O–H groups in total.